The average molecular weight is 303 g/mol. The van der Waals surface area contributed by atoms with Gasteiger partial charge in [0, 0.05) is 18.5 Å². The molecule has 1 saturated heterocycles. The van der Waals surface area contributed by atoms with Gasteiger partial charge in [-0.25, -0.2) is 9.97 Å². The fourth-order valence-corrected chi connectivity index (χ4v) is 3.24. The number of hydrogen-bond donors (Lipinski definition) is 0. The molecule has 0 spiro atoms. The van der Waals surface area contributed by atoms with Crippen molar-refractivity contribution in [1.82, 2.24) is 14.5 Å². The van der Waals surface area contributed by atoms with Crippen molar-refractivity contribution >= 4 is 39.7 Å². The predicted octanol–water partition coefficient (Wildman–Crippen LogP) is 3.63. The minimum atomic E-state index is 0.309. The zero-order valence-corrected chi connectivity index (χ0v) is 12.0. The van der Waals surface area contributed by atoms with Gasteiger partial charge in [0.1, 0.15) is 6.33 Å². The van der Waals surface area contributed by atoms with E-state index >= 15 is 0 Å². The second-order valence-electron chi connectivity index (χ2n) is 4.23. The zero-order valence-electron chi connectivity index (χ0n) is 9.64. The van der Waals surface area contributed by atoms with E-state index in [4.69, 9.17) is 23.2 Å². The van der Waals surface area contributed by atoms with Crippen LogP contribution >= 0.6 is 34.5 Å². The molecule has 0 atom stereocenters. The quantitative estimate of drug-likeness (QED) is 0.849. The second-order valence-corrected chi connectivity index (χ2v) is 5.78. The van der Waals surface area contributed by atoms with E-state index in [0.717, 1.165) is 24.0 Å². The maximum Gasteiger partial charge on any atom is 0.187 e. The highest BCUT2D eigenvalue weighted by molar-refractivity contribution is 7.14. The van der Waals surface area contributed by atoms with Crippen molar-refractivity contribution in [3.8, 4) is 5.82 Å². The number of piperidine rings is 1. The van der Waals surface area contributed by atoms with Gasteiger partial charge in [0.2, 0.25) is 0 Å². The van der Waals surface area contributed by atoms with Gasteiger partial charge in [-0.2, -0.15) is 0 Å². The molecule has 7 heteroatoms. The number of thiazole rings is 1. The molecule has 1 fully saturated rings. The third kappa shape index (κ3) is 2.22. The molecular formula is C11H12Cl2N4S. The van der Waals surface area contributed by atoms with E-state index in [9.17, 15) is 0 Å². The Kier molecular flexibility index (Phi) is 3.46. The third-order valence-electron chi connectivity index (χ3n) is 3.02. The number of nitrogens with zero attached hydrogens (tertiary/aromatic N) is 4. The molecule has 0 N–H and O–H groups in total. The number of hydrogen-bond acceptors (Lipinski definition) is 4. The second kappa shape index (κ2) is 5.07. The standard InChI is InChI=1S/C11H12Cl2N4S/c12-9-10(13)17(7-14-9)8-6-18-11(15-8)16-4-2-1-3-5-16/h6-7H,1-5H2. The number of aromatic nitrogens is 3. The van der Waals surface area contributed by atoms with Crippen LogP contribution in [0.4, 0.5) is 5.13 Å². The van der Waals surface area contributed by atoms with Crippen LogP contribution in [0.1, 0.15) is 19.3 Å². The van der Waals surface area contributed by atoms with Crippen molar-refractivity contribution in [2.24, 2.45) is 0 Å². The maximum absolute atomic E-state index is 6.06. The molecule has 0 unspecified atom stereocenters. The van der Waals surface area contributed by atoms with Gasteiger partial charge in [0.25, 0.3) is 0 Å². The molecule has 0 bridgehead atoms. The summed E-state index contributed by atoms with van der Waals surface area (Å²) in [5.41, 5.74) is 0. The molecule has 1 aliphatic heterocycles. The van der Waals surface area contributed by atoms with Crippen LogP contribution in [0.3, 0.4) is 0 Å². The summed E-state index contributed by atoms with van der Waals surface area (Å²) in [6.07, 6.45) is 5.40. The van der Waals surface area contributed by atoms with Crippen molar-refractivity contribution in [2.75, 3.05) is 18.0 Å². The molecule has 1 aliphatic rings. The molecular weight excluding hydrogens is 291 g/mol. The Bertz CT molecular complexity index is 545. The highest BCUT2D eigenvalue weighted by Crippen LogP contribution is 2.29. The zero-order chi connectivity index (χ0) is 12.5. The topological polar surface area (TPSA) is 34.0 Å². The van der Waals surface area contributed by atoms with Gasteiger partial charge in [-0.15, -0.1) is 11.3 Å². The van der Waals surface area contributed by atoms with Gasteiger partial charge < -0.3 is 4.90 Å². The van der Waals surface area contributed by atoms with Crippen molar-refractivity contribution in [2.45, 2.75) is 19.3 Å². The molecule has 18 heavy (non-hydrogen) atoms. The minimum absolute atomic E-state index is 0.309. The lowest BCUT2D eigenvalue weighted by Gasteiger charge is -2.25. The van der Waals surface area contributed by atoms with Crippen molar-refractivity contribution in [1.29, 1.82) is 0 Å². The lowest BCUT2D eigenvalue weighted by molar-refractivity contribution is 0.576. The molecule has 0 aliphatic carbocycles. The smallest absolute Gasteiger partial charge is 0.187 e. The normalized spacial score (nSPS) is 16.2. The predicted molar refractivity (Wildman–Crippen MR) is 75.3 cm³/mol. The molecule has 96 valence electrons. The first kappa shape index (κ1) is 12.3. The van der Waals surface area contributed by atoms with Crippen LogP contribution in [0.2, 0.25) is 10.3 Å². The van der Waals surface area contributed by atoms with E-state index in [0.29, 0.717) is 10.3 Å². The van der Waals surface area contributed by atoms with Crippen molar-refractivity contribution < 1.29 is 0 Å². The first-order chi connectivity index (χ1) is 8.75. The largest absolute Gasteiger partial charge is 0.348 e. The maximum atomic E-state index is 6.06. The van der Waals surface area contributed by atoms with E-state index in [1.807, 2.05) is 5.38 Å². The summed E-state index contributed by atoms with van der Waals surface area (Å²) >= 11 is 13.5. The van der Waals surface area contributed by atoms with E-state index in [1.165, 1.54) is 19.3 Å². The van der Waals surface area contributed by atoms with Gasteiger partial charge in [-0.1, -0.05) is 23.2 Å². The minimum Gasteiger partial charge on any atom is -0.348 e. The molecule has 3 heterocycles. The highest BCUT2D eigenvalue weighted by Gasteiger charge is 2.16. The Morgan fingerprint density at radius 1 is 1.17 bits per heavy atom. The molecule has 2 aromatic heterocycles. The molecule has 0 saturated carbocycles. The molecule has 2 aromatic rings. The summed E-state index contributed by atoms with van der Waals surface area (Å²) in [5, 5.41) is 3.75. The van der Waals surface area contributed by atoms with Crippen LogP contribution in [0.5, 0.6) is 0 Å². The highest BCUT2D eigenvalue weighted by atomic mass is 35.5. The first-order valence-electron chi connectivity index (χ1n) is 5.85. The summed E-state index contributed by atoms with van der Waals surface area (Å²) < 4.78 is 1.70. The van der Waals surface area contributed by atoms with Gasteiger partial charge in [0.05, 0.1) is 0 Å². The Balaban J connectivity index is 1.87. The van der Waals surface area contributed by atoms with E-state index < -0.39 is 0 Å². The van der Waals surface area contributed by atoms with Gasteiger partial charge in [-0.3, -0.25) is 4.57 Å². The Labute approximate surface area is 119 Å². The fraction of sp³-hybridized carbons (Fsp3) is 0.455. The average Bonchev–Trinajstić information content (AvgIpc) is 3.00. The van der Waals surface area contributed by atoms with Crippen LogP contribution in [-0.2, 0) is 0 Å². The van der Waals surface area contributed by atoms with E-state index in [2.05, 4.69) is 14.9 Å². The number of rotatable bonds is 2. The first-order valence-corrected chi connectivity index (χ1v) is 7.48. The van der Waals surface area contributed by atoms with Gasteiger partial charge >= 0.3 is 0 Å². The third-order valence-corrected chi connectivity index (χ3v) is 4.65. The number of imidazole rings is 1. The SMILES string of the molecule is Clc1ncn(-c2csc(N3CCCCC3)n2)c1Cl. The summed E-state index contributed by atoms with van der Waals surface area (Å²) in [5.74, 6) is 0.782. The van der Waals surface area contributed by atoms with Gasteiger partial charge in [-0.05, 0) is 19.3 Å². The van der Waals surface area contributed by atoms with Crippen molar-refractivity contribution in [3.63, 3.8) is 0 Å². The lowest BCUT2D eigenvalue weighted by Crippen LogP contribution is -2.29. The Hall–Kier alpha value is -0.780. The lowest BCUT2D eigenvalue weighted by atomic mass is 10.1. The molecule has 0 aromatic carbocycles. The molecule has 0 amide bonds. The molecule has 3 rings (SSSR count). The number of anilines is 1. The van der Waals surface area contributed by atoms with Crippen LogP contribution in [0.15, 0.2) is 11.7 Å². The van der Waals surface area contributed by atoms with E-state index in [1.54, 1.807) is 22.2 Å². The monoisotopic (exact) mass is 302 g/mol. The van der Waals surface area contributed by atoms with Crippen LogP contribution in [-0.4, -0.2) is 27.6 Å². The summed E-state index contributed by atoms with van der Waals surface area (Å²) in [6, 6.07) is 0. The molecule has 0 radical (unpaired) electrons. The summed E-state index contributed by atoms with van der Waals surface area (Å²) in [4.78, 5) is 10.9. The van der Waals surface area contributed by atoms with Crippen molar-refractivity contribution in [3.05, 3.63) is 22.0 Å². The fourth-order valence-electron chi connectivity index (χ4n) is 2.07. The van der Waals surface area contributed by atoms with Crippen LogP contribution in [0, 0.1) is 0 Å². The van der Waals surface area contributed by atoms with E-state index in [-0.39, 0.29) is 0 Å². The van der Waals surface area contributed by atoms with Crippen LogP contribution in [0.25, 0.3) is 5.82 Å². The van der Waals surface area contributed by atoms with Gasteiger partial charge in [0.15, 0.2) is 21.3 Å². The Morgan fingerprint density at radius 2 is 1.94 bits per heavy atom. The summed E-state index contributed by atoms with van der Waals surface area (Å²) in [7, 11) is 0. The Morgan fingerprint density at radius 3 is 2.61 bits per heavy atom. The summed E-state index contributed by atoms with van der Waals surface area (Å²) in [6.45, 7) is 2.18. The molecule has 4 nitrogen and oxygen atoms in total. The number of halogens is 2. The van der Waals surface area contributed by atoms with Crippen LogP contribution < -0.4 is 4.90 Å².